The summed E-state index contributed by atoms with van der Waals surface area (Å²) in [6.07, 6.45) is 9.72. The molecule has 0 aromatic carbocycles. The zero-order valence-electron chi connectivity index (χ0n) is 12.6. The van der Waals surface area contributed by atoms with Gasteiger partial charge in [-0.1, -0.05) is 19.3 Å². The molecule has 0 N–H and O–H groups in total. The van der Waals surface area contributed by atoms with Gasteiger partial charge in [0, 0.05) is 13.2 Å². The maximum atomic E-state index is 12.7. The minimum Gasteiger partial charge on any atom is -0.467 e. The molecule has 2 fully saturated rings. The number of carbonyl (C=O) groups excluding carboxylic acids is 1. The number of rotatable bonds is 5. The van der Waals surface area contributed by atoms with Gasteiger partial charge in [-0.05, 0) is 43.7 Å². The molecular weight excluding hydrogens is 266 g/mol. The van der Waals surface area contributed by atoms with Crippen LogP contribution in [-0.4, -0.2) is 30.1 Å². The lowest BCUT2D eigenvalue weighted by molar-refractivity contribution is -0.142. The Morgan fingerprint density at radius 1 is 1.19 bits per heavy atom. The normalized spacial score (nSPS) is 23.3. The van der Waals surface area contributed by atoms with Crippen LogP contribution >= 0.6 is 0 Å². The fourth-order valence-corrected chi connectivity index (χ4v) is 3.48. The lowest BCUT2D eigenvalue weighted by Gasteiger charge is -2.30. The van der Waals surface area contributed by atoms with Gasteiger partial charge in [-0.2, -0.15) is 0 Å². The second-order valence-corrected chi connectivity index (χ2v) is 6.30. The third-order valence-electron chi connectivity index (χ3n) is 4.65. The summed E-state index contributed by atoms with van der Waals surface area (Å²) in [6.45, 7) is 2.13. The Kier molecular flexibility index (Phi) is 4.96. The number of ether oxygens (including phenoxy) is 1. The summed E-state index contributed by atoms with van der Waals surface area (Å²) in [4.78, 5) is 14.7. The van der Waals surface area contributed by atoms with Crippen molar-refractivity contribution in [2.24, 2.45) is 5.92 Å². The maximum absolute atomic E-state index is 12.7. The van der Waals surface area contributed by atoms with Crippen LogP contribution in [0.3, 0.4) is 0 Å². The van der Waals surface area contributed by atoms with Crippen molar-refractivity contribution in [3.8, 4) is 0 Å². The predicted octanol–water partition coefficient (Wildman–Crippen LogP) is 3.37. The molecule has 0 unspecified atom stereocenters. The Labute approximate surface area is 126 Å². The molecule has 1 amide bonds. The first-order valence-corrected chi connectivity index (χ1v) is 8.25. The highest BCUT2D eigenvalue weighted by molar-refractivity contribution is 5.81. The van der Waals surface area contributed by atoms with E-state index in [-0.39, 0.29) is 12.0 Å². The van der Waals surface area contributed by atoms with Crippen LogP contribution in [0.25, 0.3) is 0 Å². The molecule has 1 saturated heterocycles. The minimum absolute atomic E-state index is 0.148. The Morgan fingerprint density at radius 3 is 2.71 bits per heavy atom. The molecule has 4 heteroatoms. The third kappa shape index (κ3) is 3.88. The van der Waals surface area contributed by atoms with Gasteiger partial charge in [0.1, 0.15) is 11.9 Å². The van der Waals surface area contributed by atoms with E-state index < -0.39 is 0 Å². The summed E-state index contributed by atoms with van der Waals surface area (Å²) in [5.74, 6) is 1.64. The van der Waals surface area contributed by atoms with Crippen molar-refractivity contribution in [2.45, 2.75) is 57.6 Å². The van der Waals surface area contributed by atoms with Crippen molar-refractivity contribution in [1.82, 2.24) is 4.90 Å². The van der Waals surface area contributed by atoms with Gasteiger partial charge < -0.3 is 14.1 Å². The Morgan fingerprint density at radius 2 is 2.05 bits per heavy atom. The average Bonchev–Trinajstić information content (AvgIpc) is 3.20. The maximum Gasteiger partial charge on any atom is 0.252 e. The van der Waals surface area contributed by atoms with Gasteiger partial charge in [-0.15, -0.1) is 0 Å². The lowest BCUT2D eigenvalue weighted by Crippen LogP contribution is -2.41. The second kappa shape index (κ2) is 7.12. The zero-order valence-corrected chi connectivity index (χ0v) is 12.6. The quantitative estimate of drug-likeness (QED) is 0.835. The SMILES string of the molecule is O=C([C@@H]1CCCO1)N(Cc1ccco1)CC1CCCCC1. The fourth-order valence-electron chi connectivity index (χ4n) is 3.48. The molecule has 0 radical (unpaired) electrons. The molecule has 1 atom stereocenters. The molecule has 1 aromatic heterocycles. The van der Waals surface area contributed by atoms with Crippen molar-refractivity contribution in [2.75, 3.05) is 13.2 Å². The molecular formula is C17H25NO3. The molecule has 2 aliphatic rings. The minimum atomic E-state index is -0.233. The van der Waals surface area contributed by atoms with Crippen LogP contribution in [0.15, 0.2) is 22.8 Å². The molecule has 1 aliphatic heterocycles. The van der Waals surface area contributed by atoms with E-state index in [1.165, 1.54) is 32.1 Å². The molecule has 1 aromatic rings. The van der Waals surface area contributed by atoms with E-state index in [4.69, 9.17) is 9.15 Å². The number of hydrogen-bond donors (Lipinski definition) is 0. The summed E-state index contributed by atoms with van der Waals surface area (Å²) in [6, 6.07) is 3.82. The fraction of sp³-hybridized carbons (Fsp3) is 0.706. The van der Waals surface area contributed by atoms with E-state index in [2.05, 4.69) is 0 Å². The molecule has 0 bridgehead atoms. The topological polar surface area (TPSA) is 42.7 Å². The largest absolute Gasteiger partial charge is 0.467 e. The Balaban J connectivity index is 1.65. The molecule has 0 spiro atoms. The lowest BCUT2D eigenvalue weighted by atomic mass is 9.89. The molecule has 1 aliphatic carbocycles. The Hall–Kier alpha value is -1.29. The van der Waals surface area contributed by atoms with Crippen LogP contribution in [0.5, 0.6) is 0 Å². The molecule has 116 valence electrons. The first kappa shape index (κ1) is 14.6. The number of carbonyl (C=O) groups is 1. The summed E-state index contributed by atoms with van der Waals surface area (Å²) in [7, 11) is 0. The van der Waals surface area contributed by atoms with Gasteiger partial charge in [0.25, 0.3) is 5.91 Å². The summed E-state index contributed by atoms with van der Waals surface area (Å²) < 4.78 is 11.0. The van der Waals surface area contributed by atoms with Crippen LogP contribution < -0.4 is 0 Å². The molecule has 4 nitrogen and oxygen atoms in total. The highest BCUT2D eigenvalue weighted by Gasteiger charge is 2.30. The third-order valence-corrected chi connectivity index (χ3v) is 4.65. The van der Waals surface area contributed by atoms with Crippen LogP contribution in [0.2, 0.25) is 0 Å². The first-order valence-electron chi connectivity index (χ1n) is 8.25. The number of nitrogens with zero attached hydrogens (tertiary/aromatic N) is 1. The van der Waals surface area contributed by atoms with Crippen LogP contribution in [0, 0.1) is 5.92 Å². The van der Waals surface area contributed by atoms with E-state index in [0.29, 0.717) is 19.1 Å². The van der Waals surface area contributed by atoms with Gasteiger partial charge in [0.2, 0.25) is 0 Å². The van der Waals surface area contributed by atoms with Crippen LogP contribution in [0.4, 0.5) is 0 Å². The van der Waals surface area contributed by atoms with E-state index in [1.807, 2.05) is 17.0 Å². The Bertz CT molecular complexity index is 431. The van der Waals surface area contributed by atoms with Gasteiger partial charge in [0.05, 0.1) is 12.8 Å². The summed E-state index contributed by atoms with van der Waals surface area (Å²) >= 11 is 0. The molecule has 1 saturated carbocycles. The van der Waals surface area contributed by atoms with Crippen molar-refractivity contribution < 1.29 is 13.9 Å². The van der Waals surface area contributed by atoms with Gasteiger partial charge in [-0.25, -0.2) is 0 Å². The summed E-state index contributed by atoms with van der Waals surface area (Å²) in [5, 5.41) is 0. The highest BCUT2D eigenvalue weighted by atomic mass is 16.5. The smallest absolute Gasteiger partial charge is 0.252 e. The van der Waals surface area contributed by atoms with E-state index in [9.17, 15) is 4.79 Å². The number of furan rings is 1. The van der Waals surface area contributed by atoms with E-state index in [0.717, 1.165) is 25.1 Å². The molecule has 21 heavy (non-hydrogen) atoms. The molecule has 3 rings (SSSR count). The van der Waals surface area contributed by atoms with Crippen molar-refractivity contribution >= 4 is 5.91 Å². The molecule has 2 heterocycles. The van der Waals surface area contributed by atoms with Gasteiger partial charge in [0.15, 0.2) is 0 Å². The monoisotopic (exact) mass is 291 g/mol. The van der Waals surface area contributed by atoms with Crippen LogP contribution in [0.1, 0.15) is 50.7 Å². The summed E-state index contributed by atoms with van der Waals surface area (Å²) in [5.41, 5.74) is 0. The van der Waals surface area contributed by atoms with Crippen molar-refractivity contribution in [1.29, 1.82) is 0 Å². The second-order valence-electron chi connectivity index (χ2n) is 6.30. The predicted molar refractivity (Wildman–Crippen MR) is 79.7 cm³/mol. The zero-order chi connectivity index (χ0) is 14.5. The number of hydrogen-bond acceptors (Lipinski definition) is 3. The van der Waals surface area contributed by atoms with E-state index in [1.54, 1.807) is 6.26 Å². The number of amides is 1. The van der Waals surface area contributed by atoms with Gasteiger partial charge >= 0.3 is 0 Å². The van der Waals surface area contributed by atoms with Gasteiger partial charge in [-0.3, -0.25) is 4.79 Å². The van der Waals surface area contributed by atoms with Crippen molar-refractivity contribution in [3.63, 3.8) is 0 Å². The first-order chi connectivity index (χ1) is 10.3. The average molecular weight is 291 g/mol. The van der Waals surface area contributed by atoms with Crippen molar-refractivity contribution in [3.05, 3.63) is 24.2 Å². The van der Waals surface area contributed by atoms with E-state index >= 15 is 0 Å². The van der Waals surface area contributed by atoms with Crippen LogP contribution in [-0.2, 0) is 16.1 Å². The standard InChI is InChI=1S/C17H25NO3/c19-17(16-9-5-11-21-16)18(13-15-8-4-10-20-15)12-14-6-2-1-3-7-14/h4,8,10,14,16H,1-3,5-7,9,11-13H2/t16-/m0/s1. The highest BCUT2D eigenvalue weighted by Crippen LogP contribution is 2.26.